The monoisotopic (exact) mass is 436 g/mol. The average molecular weight is 436 g/mol. The molecule has 2 aromatic carbocycles. The SMILES string of the molecule is Cc1ccccc1N1C(=O)c2ccc(C(=O)OCC(=O)N3C[C@@H](C)O[C@@H](C)C3)cc2C1=O. The van der Waals surface area contributed by atoms with Crippen molar-refractivity contribution < 1.29 is 28.7 Å². The van der Waals surface area contributed by atoms with Crippen LogP contribution in [0.15, 0.2) is 42.5 Å². The van der Waals surface area contributed by atoms with Crippen LogP contribution in [-0.2, 0) is 14.3 Å². The molecule has 8 nitrogen and oxygen atoms in total. The molecule has 8 heteroatoms. The number of imide groups is 1. The van der Waals surface area contributed by atoms with Gasteiger partial charge in [0.05, 0.1) is 34.6 Å². The molecule has 0 bridgehead atoms. The Morgan fingerprint density at radius 3 is 2.34 bits per heavy atom. The standard InChI is InChI=1S/C24H24N2O6/c1-14-6-4-5-7-20(14)26-22(28)18-9-8-17(10-19(18)23(26)29)24(30)31-13-21(27)25-11-15(2)32-16(3)12-25/h4-10,15-16H,11-13H2,1-3H3/t15-,16+. The van der Waals surface area contributed by atoms with Crippen molar-refractivity contribution in [1.29, 1.82) is 0 Å². The Hall–Kier alpha value is -3.52. The van der Waals surface area contributed by atoms with Crippen LogP contribution in [0.4, 0.5) is 5.69 Å². The second-order valence-corrected chi connectivity index (χ2v) is 8.12. The van der Waals surface area contributed by atoms with Crippen LogP contribution in [0.5, 0.6) is 0 Å². The van der Waals surface area contributed by atoms with Crippen molar-refractivity contribution in [2.75, 3.05) is 24.6 Å². The number of nitrogens with zero attached hydrogens (tertiary/aromatic N) is 2. The van der Waals surface area contributed by atoms with Gasteiger partial charge in [0, 0.05) is 13.1 Å². The summed E-state index contributed by atoms with van der Waals surface area (Å²) < 4.78 is 10.8. The van der Waals surface area contributed by atoms with Crippen molar-refractivity contribution in [3.63, 3.8) is 0 Å². The average Bonchev–Trinajstić information content (AvgIpc) is 3.01. The minimum Gasteiger partial charge on any atom is -0.452 e. The van der Waals surface area contributed by atoms with Gasteiger partial charge in [-0.1, -0.05) is 18.2 Å². The molecule has 0 unspecified atom stereocenters. The van der Waals surface area contributed by atoms with Gasteiger partial charge in [-0.2, -0.15) is 0 Å². The smallest absolute Gasteiger partial charge is 0.338 e. The second-order valence-electron chi connectivity index (χ2n) is 8.12. The fourth-order valence-electron chi connectivity index (χ4n) is 4.08. The van der Waals surface area contributed by atoms with E-state index >= 15 is 0 Å². The van der Waals surface area contributed by atoms with E-state index in [-0.39, 0.29) is 34.8 Å². The van der Waals surface area contributed by atoms with E-state index < -0.39 is 24.4 Å². The van der Waals surface area contributed by atoms with Gasteiger partial charge in [0.15, 0.2) is 6.61 Å². The third kappa shape index (κ3) is 4.01. The van der Waals surface area contributed by atoms with Gasteiger partial charge in [-0.3, -0.25) is 14.4 Å². The number of carbonyl (C=O) groups excluding carboxylic acids is 4. The van der Waals surface area contributed by atoms with Gasteiger partial charge in [-0.15, -0.1) is 0 Å². The number of rotatable bonds is 4. The lowest BCUT2D eigenvalue weighted by Crippen LogP contribution is -2.49. The molecule has 2 aromatic rings. The van der Waals surface area contributed by atoms with E-state index in [0.29, 0.717) is 18.8 Å². The minimum absolute atomic E-state index is 0.0881. The van der Waals surface area contributed by atoms with Crippen LogP contribution in [0.1, 0.15) is 50.5 Å². The minimum atomic E-state index is -0.731. The van der Waals surface area contributed by atoms with Gasteiger partial charge in [0.1, 0.15) is 0 Å². The lowest BCUT2D eigenvalue weighted by Gasteiger charge is -2.35. The number of esters is 1. The Balaban J connectivity index is 1.47. The van der Waals surface area contributed by atoms with Crippen molar-refractivity contribution in [2.24, 2.45) is 0 Å². The predicted molar refractivity (Wildman–Crippen MR) is 116 cm³/mol. The van der Waals surface area contributed by atoms with Crippen molar-refractivity contribution in [1.82, 2.24) is 4.90 Å². The summed E-state index contributed by atoms with van der Waals surface area (Å²) in [5, 5.41) is 0. The molecule has 1 fully saturated rings. The highest BCUT2D eigenvalue weighted by Gasteiger charge is 2.38. The molecular formula is C24H24N2O6. The van der Waals surface area contributed by atoms with Crippen molar-refractivity contribution in [2.45, 2.75) is 33.0 Å². The van der Waals surface area contributed by atoms with Crippen molar-refractivity contribution >= 4 is 29.4 Å². The molecule has 2 atom stereocenters. The Labute approximate surface area is 185 Å². The molecule has 4 rings (SSSR count). The molecular weight excluding hydrogens is 412 g/mol. The Morgan fingerprint density at radius 1 is 1.00 bits per heavy atom. The number of amides is 3. The first-order chi connectivity index (χ1) is 15.3. The van der Waals surface area contributed by atoms with Gasteiger partial charge in [0.2, 0.25) is 0 Å². The Morgan fingerprint density at radius 2 is 1.66 bits per heavy atom. The van der Waals surface area contributed by atoms with Crippen LogP contribution >= 0.6 is 0 Å². The van der Waals surface area contributed by atoms with Gasteiger partial charge in [0.25, 0.3) is 17.7 Å². The summed E-state index contributed by atoms with van der Waals surface area (Å²) in [7, 11) is 0. The van der Waals surface area contributed by atoms with E-state index in [1.165, 1.54) is 18.2 Å². The number of morpholine rings is 1. The Bertz CT molecular complexity index is 1100. The molecule has 0 aromatic heterocycles. The quantitative estimate of drug-likeness (QED) is 0.540. The molecule has 0 spiro atoms. The first-order valence-electron chi connectivity index (χ1n) is 10.4. The number of aryl methyl sites for hydroxylation is 1. The number of hydrogen-bond donors (Lipinski definition) is 0. The van der Waals surface area contributed by atoms with Crippen LogP contribution in [-0.4, -0.2) is 60.5 Å². The maximum absolute atomic E-state index is 12.9. The number of carbonyl (C=O) groups is 4. The molecule has 3 amide bonds. The highest BCUT2D eigenvalue weighted by atomic mass is 16.5. The zero-order valence-corrected chi connectivity index (χ0v) is 18.2. The lowest BCUT2D eigenvalue weighted by atomic mass is 10.1. The summed E-state index contributed by atoms with van der Waals surface area (Å²) in [6.07, 6.45) is -0.176. The predicted octanol–water partition coefficient (Wildman–Crippen LogP) is 2.59. The topological polar surface area (TPSA) is 93.2 Å². The van der Waals surface area contributed by atoms with Crippen molar-refractivity contribution in [3.8, 4) is 0 Å². The molecule has 1 saturated heterocycles. The summed E-state index contributed by atoms with van der Waals surface area (Å²) >= 11 is 0. The number of benzene rings is 2. The molecule has 166 valence electrons. The van der Waals surface area contributed by atoms with Crippen LogP contribution in [0.3, 0.4) is 0 Å². The van der Waals surface area contributed by atoms with Gasteiger partial charge >= 0.3 is 5.97 Å². The molecule has 32 heavy (non-hydrogen) atoms. The van der Waals surface area contributed by atoms with Crippen LogP contribution in [0.2, 0.25) is 0 Å². The Kier molecular flexibility index (Phi) is 5.80. The zero-order chi connectivity index (χ0) is 23.0. The van der Waals surface area contributed by atoms with E-state index in [2.05, 4.69) is 0 Å². The number of para-hydroxylation sites is 1. The van der Waals surface area contributed by atoms with E-state index in [4.69, 9.17) is 9.47 Å². The van der Waals surface area contributed by atoms with Crippen molar-refractivity contribution in [3.05, 3.63) is 64.7 Å². The van der Waals surface area contributed by atoms with Crippen LogP contribution in [0, 0.1) is 6.92 Å². The van der Waals surface area contributed by atoms with Gasteiger partial charge < -0.3 is 14.4 Å². The number of anilines is 1. The maximum Gasteiger partial charge on any atom is 0.338 e. The molecule has 0 saturated carbocycles. The highest BCUT2D eigenvalue weighted by Crippen LogP contribution is 2.31. The van der Waals surface area contributed by atoms with Crippen LogP contribution < -0.4 is 4.90 Å². The summed E-state index contributed by atoms with van der Waals surface area (Å²) in [5.74, 6) is -1.98. The molecule has 2 aliphatic rings. The molecule has 0 N–H and O–H groups in total. The van der Waals surface area contributed by atoms with E-state index in [9.17, 15) is 19.2 Å². The number of ether oxygens (including phenoxy) is 2. The summed E-state index contributed by atoms with van der Waals surface area (Å²) in [5.41, 5.74) is 1.75. The third-order valence-electron chi connectivity index (χ3n) is 5.58. The van der Waals surface area contributed by atoms with Gasteiger partial charge in [-0.05, 0) is 50.6 Å². The summed E-state index contributed by atoms with van der Waals surface area (Å²) in [6, 6.07) is 11.3. The fourth-order valence-corrected chi connectivity index (χ4v) is 4.08. The van der Waals surface area contributed by atoms with E-state index in [0.717, 1.165) is 10.5 Å². The summed E-state index contributed by atoms with van der Waals surface area (Å²) in [6.45, 7) is 6.04. The second kappa shape index (κ2) is 8.55. The van der Waals surface area contributed by atoms with E-state index in [1.54, 1.807) is 17.0 Å². The summed E-state index contributed by atoms with van der Waals surface area (Å²) in [4.78, 5) is 53.4. The first kappa shape index (κ1) is 21.7. The fraction of sp³-hybridized carbons (Fsp3) is 0.333. The zero-order valence-electron chi connectivity index (χ0n) is 18.2. The maximum atomic E-state index is 12.9. The highest BCUT2D eigenvalue weighted by molar-refractivity contribution is 6.34. The largest absolute Gasteiger partial charge is 0.452 e. The van der Waals surface area contributed by atoms with E-state index in [1.807, 2.05) is 32.9 Å². The number of fused-ring (bicyclic) bond motifs is 1. The molecule has 0 radical (unpaired) electrons. The number of hydrogen-bond acceptors (Lipinski definition) is 6. The van der Waals surface area contributed by atoms with Crippen LogP contribution in [0.25, 0.3) is 0 Å². The third-order valence-corrected chi connectivity index (χ3v) is 5.58. The molecule has 0 aliphatic carbocycles. The first-order valence-corrected chi connectivity index (χ1v) is 10.4. The lowest BCUT2D eigenvalue weighted by molar-refractivity contribution is -0.146. The molecule has 2 aliphatic heterocycles. The van der Waals surface area contributed by atoms with Gasteiger partial charge in [-0.25, -0.2) is 9.69 Å². The normalized spacial score (nSPS) is 20.3. The molecule has 2 heterocycles.